The van der Waals surface area contributed by atoms with E-state index in [2.05, 4.69) is 53.2 Å². The minimum absolute atomic E-state index is 0. The monoisotopic (exact) mass is 629 g/mol. The van der Waals surface area contributed by atoms with Gasteiger partial charge in [0, 0.05) is 37.8 Å². The number of carbonyl (C=O) groups is 1. The Morgan fingerprint density at radius 3 is 2.56 bits per heavy atom. The van der Waals surface area contributed by atoms with Crippen molar-refractivity contribution in [3.8, 4) is 5.82 Å². The van der Waals surface area contributed by atoms with Crippen LogP contribution in [0.5, 0.6) is 0 Å². The van der Waals surface area contributed by atoms with Crippen LogP contribution in [-0.4, -0.2) is 20.4 Å². The van der Waals surface area contributed by atoms with Crippen molar-refractivity contribution in [2.75, 3.05) is 0 Å². The summed E-state index contributed by atoms with van der Waals surface area (Å²) in [5, 5.41) is 13.4. The fourth-order valence-corrected chi connectivity index (χ4v) is 4.86. The van der Waals surface area contributed by atoms with Crippen LogP contribution >= 0.6 is 0 Å². The van der Waals surface area contributed by atoms with Crippen molar-refractivity contribution in [3.63, 3.8) is 0 Å². The van der Waals surface area contributed by atoms with Gasteiger partial charge in [-0.1, -0.05) is 48.7 Å². The first-order valence-corrected chi connectivity index (χ1v) is 11.3. The van der Waals surface area contributed by atoms with E-state index in [1.165, 1.54) is 71.0 Å². The van der Waals surface area contributed by atoms with Gasteiger partial charge in [-0.25, -0.2) is 0 Å². The number of benzene rings is 2. The molecule has 34 heavy (non-hydrogen) atoms. The second kappa shape index (κ2) is 9.96. The van der Waals surface area contributed by atoms with E-state index in [1.807, 2.05) is 12.3 Å². The summed E-state index contributed by atoms with van der Waals surface area (Å²) in [6.45, 7) is 2.85. The molecule has 1 N–H and O–H groups in total. The van der Waals surface area contributed by atoms with E-state index in [0.717, 1.165) is 24.3 Å². The summed E-state index contributed by atoms with van der Waals surface area (Å²) in [4.78, 5) is 19.6. The number of hydrogen-bond acceptors (Lipinski definition) is 3. The fourth-order valence-electron chi connectivity index (χ4n) is 4.86. The van der Waals surface area contributed by atoms with E-state index in [9.17, 15) is 4.79 Å². The molecule has 1 aliphatic carbocycles. The SMILES string of the molecule is CC(=O)/C=C(/C)O.[Ir].c1ccc2c(c1)ccc1c2c2cccnc2n1-c1[n-]cc2c1CCCC2. The molecule has 6 heteroatoms. The van der Waals surface area contributed by atoms with Gasteiger partial charge in [-0.2, -0.15) is 0 Å². The van der Waals surface area contributed by atoms with Crippen LogP contribution in [0.15, 0.2) is 72.8 Å². The third-order valence-electron chi connectivity index (χ3n) is 6.16. The molecule has 2 aromatic carbocycles. The predicted molar refractivity (Wildman–Crippen MR) is 133 cm³/mol. The van der Waals surface area contributed by atoms with Crippen LogP contribution in [0.2, 0.25) is 0 Å². The van der Waals surface area contributed by atoms with Crippen molar-refractivity contribution in [3.05, 3.63) is 83.9 Å². The van der Waals surface area contributed by atoms with Gasteiger partial charge in [0.25, 0.3) is 0 Å². The molecule has 0 atom stereocenters. The van der Waals surface area contributed by atoms with Crippen LogP contribution in [0.1, 0.15) is 37.8 Å². The van der Waals surface area contributed by atoms with Gasteiger partial charge in [0.2, 0.25) is 0 Å². The van der Waals surface area contributed by atoms with Crippen molar-refractivity contribution in [2.24, 2.45) is 0 Å². The van der Waals surface area contributed by atoms with E-state index < -0.39 is 0 Å². The molecule has 5 nitrogen and oxygen atoms in total. The summed E-state index contributed by atoms with van der Waals surface area (Å²) >= 11 is 0. The molecule has 1 aliphatic rings. The maximum absolute atomic E-state index is 10.0. The summed E-state index contributed by atoms with van der Waals surface area (Å²) in [5.74, 6) is 1.01. The Kier molecular flexibility index (Phi) is 7.01. The second-order valence-electron chi connectivity index (χ2n) is 8.58. The summed E-state index contributed by atoms with van der Waals surface area (Å²) in [6, 6.07) is 17.3. The molecule has 0 spiro atoms. The predicted octanol–water partition coefficient (Wildman–Crippen LogP) is 6.20. The zero-order valence-electron chi connectivity index (χ0n) is 19.2. The molecule has 0 unspecified atom stereocenters. The van der Waals surface area contributed by atoms with E-state index in [0.29, 0.717) is 0 Å². The molecule has 0 aliphatic heterocycles. The molecular weight excluding hydrogens is 603 g/mol. The number of pyridine rings is 1. The van der Waals surface area contributed by atoms with E-state index >= 15 is 0 Å². The van der Waals surface area contributed by atoms with Gasteiger partial charge in [0.05, 0.1) is 11.4 Å². The third kappa shape index (κ3) is 4.31. The summed E-state index contributed by atoms with van der Waals surface area (Å²) in [6.07, 6.45) is 9.91. The number of aromatic nitrogens is 3. The smallest absolute Gasteiger partial charge is 0.155 e. The largest absolute Gasteiger partial charge is 0.512 e. The molecule has 0 bridgehead atoms. The van der Waals surface area contributed by atoms with Gasteiger partial charge in [0.15, 0.2) is 5.78 Å². The number of nitrogens with zero attached hydrogens (tertiary/aromatic N) is 3. The maximum atomic E-state index is 10.0. The van der Waals surface area contributed by atoms with E-state index in [-0.39, 0.29) is 31.6 Å². The zero-order chi connectivity index (χ0) is 22.9. The Hall–Kier alpha value is -3.21. The Labute approximate surface area is 211 Å². The number of carbonyl (C=O) groups excluding carboxylic acids is 1. The van der Waals surface area contributed by atoms with Crippen molar-refractivity contribution < 1.29 is 30.0 Å². The number of hydrogen-bond donors (Lipinski definition) is 1. The average molecular weight is 629 g/mol. The maximum Gasteiger partial charge on any atom is 0.155 e. The Bertz CT molecular complexity index is 1520. The summed E-state index contributed by atoms with van der Waals surface area (Å²) in [7, 11) is 0. The summed E-state index contributed by atoms with van der Waals surface area (Å²) < 4.78 is 2.28. The van der Waals surface area contributed by atoms with Crippen LogP contribution < -0.4 is 4.98 Å². The van der Waals surface area contributed by atoms with E-state index in [1.54, 1.807) is 0 Å². The Balaban J connectivity index is 0.000000303. The van der Waals surface area contributed by atoms with Crippen LogP contribution in [0.3, 0.4) is 0 Å². The first-order chi connectivity index (χ1) is 16.0. The molecule has 1 radical (unpaired) electrons. The topological polar surface area (TPSA) is 69.2 Å². The third-order valence-corrected chi connectivity index (χ3v) is 6.16. The molecule has 0 saturated heterocycles. The standard InChI is InChI=1S/C23H18N3.C5H8O2.Ir/c1-3-8-17-15(6-1)11-12-20-21(17)19-10-5-13-24-23(19)26(20)22-18-9-4-2-7-16(18)14-25-22;1-4(6)3-5(2)7;/h1,3,5-6,8,10-14H,2,4,7,9H2;3,6H,1-2H3;/q-1;;/b;4-3-;. The number of aryl methyl sites for hydroxylation is 1. The van der Waals surface area contributed by atoms with Gasteiger partial charge < -0.3 is 14.7 Å². The zero-order valence-corrected chi connectivity index (χ0v) is 21.6. The first-order valence-electron chi connectivity index (χ1n) is 11.3. The second-order valence-corrected chi connectivity index (χ2v) is 8.58. The average Bonchev–Trinajstić information content (AvgIpc) is 3.37. The fraction of sp³-hybridized carbons (Fsp3) is 0.214. The Morgan fingerprint density at radius 2 is 1.79 bits per heavy atom. The van der Waals surface area contributed by atoms with Gasteiger partial charge in [-0.3, -0.25) is 9.78 Å². The normalized spacial score (nSPS) is 13.3. The van der Waals surface area contributed by atoms with E-state index in [4.69, 9.17) is 15.1 Å². The molecule has 175 valence electrons. The number of fused-ring (bicyclic) bond motifs is 6. The van der Waals surface area contributed by atoms with Gasteiger partial charge in [-0.15, -0.1) is 0 Å². The molecule has 0 amide bonds. The Morgan fingerprint density at radius 1 is 1.03 bits per heavy atom. The summed E-state index contributed by atoms with van der Waals surface area (Å²) in [5.41, 5.74) is 5.03. The van der Waals surface area contributed by atoms with Gasteiger partial charge in [-0.05, 0) is 84.2 Å². The molecule has 3 heterocycles. The van der Waals surface area contributed by atoms with Crippen LogP contribution in [0.4, 0.5) is 0 Å². The van der Waals surface area contributed by atoms with Crippen LogP contribution in [-0.2, 0) is 37.7 Å². The molecule has 0 saturated carbocycles. The number of allylic oxidation sites excluding steroid dienone is 2. The number of aliphatic hydroxyl groups excluding tert-OH is 1. The molecular formula is C28H26IrN3O2-. The van der Waals surface area contributed by atoms with Gasteiger partial charge >= 0.3 is 0 Å². The first kappa shape index (κ1) is 23.9. The molecule has 0 fully saturated rings. The van der Waals surface area contributed by atoms with Crippen molar-refractivity contribution in [2.45, 2.75) is 39.5 Å². The number of ketones is 1. The van der Waals surface area contributed by atoms with Crippen molar-refractivity contribution >= 4 is 38.5 Å². The van der Waals surface area contributed by atoms with Crippen molar-refractivity contribution in [1.29, 1.82) is 0 Å². The van der Waals surface area contributed by atoms with Crippen LogP contribution in [0.25, 0.3) is 38.5 Å². The quantitative estimate of drug-likeness (QED) is 0.187. The minimum Gasteiger partial charge on any atom is -0.512 e. The number of rotatable bonds is 2. The van der Waals surface area contributed by atoms with Crippen molar-refractivity contribution in [1.82, 2.24) is 14.5 Å². The molecule has 5 aromatic rings. The van der Waals surface area contributed by atoms with Crippen LogP contribution in [0, 0.1) is 0 Å². The van der Waals surface area contributed by atoms with Gasteiger partial charge in [0.1, 0.15) is 0 Å². The minimum atomic E-state index is -0.125. The molecule has 3 aromatic heterocycles. The molecule has 6 rings (SSSR count). The number of aliphatic hydroxyl groups is 1.